The Labute approximate surface area is 182 Å². The number of nitrogens with one attached hydrogen (secondary N) is 1. The molecule has 1 unspecified atom stereocenters. The van der Waals surface area contributed by atoms with Crippen LogP contribution >= 0.6 is 0 Å². The number of carbonyl (C=O) groups is 1. The van der Waals surface area contributed by atoms with Crippen LogP contribution in [0.3, 0.4) is 0 Å². The van der Waals surface area contributed by atoms with E-state index in [1.807, 2.05) is 65.6 Å². The van der Waals surface area contributed by atoms with Crippen molar-refractivity contribution in [1.29, 1.82) is 0 Å². The van der Waals surface area contributed by atoms with Crippen LogP contribution in [0.15, 0.2) is 72.8 Å². The molecular formula is C25H25N3O3. The van der Waals surface area contributed by atoms with Crippen LogP contribution in [0.25, 0.3) is 0 Å². The number of benzene rings is 3. The minimum atomic E-state index is -0.341. The van der Waals surface area contributed by atoms with Crippen LogP contribution in [-0.2, 0) is 4.74 Å². The lowest BCUT2D eigenvalue weighted by atomic mass is 10.0. The Kier molecular flexibility index (Phi) is 5.22. The van der Waals surface area contributed by atoms with Crippen LogP contribution in [0.5, 0.6) is 5.75 Å². The van der Waals surface area contributed by atoms with Crippen molar-refractivity contribution < 1.29 is 14.3 Å². The Hall–Kier alpha value is -3.51. The largest absolute Gasteiger partial charge is 0.497 e. The number of morpholine rings is 1. The van der Waals surface area contributed by atoms with E-state index in [0.29, 0.717) is 5.56 Å². The highest BCUT2D eigenvalue weighted by Gasteiger charge is 2.34. The third-order valence-electron chi connectivity index (χ3n) is 5.84. The molecule has 0 bridgehead atoms. The van der Waals surface area contributed by atoms with Gasteiger partial charge >= 0.3 is 0 Å². The summed E-state index contributed by atoms with van der Waals surface area (Å²) in [4.78, 5) is 17.7. The van der Waals surface area contributed by atoms with E-state index in [1.165, 1.54) is 0 Å². The summed E-state index contributed by atoms with van der Waals surface area (Å²) in [6, 6.07) is 23.7. The van der Waals surface area contributed by atoms with Crippen molar-refractivity contribution in [3.63, 3.8) is 0 Å². The van der Waals surface area contributed by atoms with Gasteiger partial charge in [-0.2, -0.15) is 0 Å². The predicted octanol–water partition coefficient (Wildman–Crippen LogP) is 4.30. The van der Waals surface area contributed by atoms with E-state index in [4.69, 9.17) is 9.47 Å². The first-order valence-corrected chi connectivity index (χ1v) is 10.5. The molecule has 1 fully saturated rings. The molecule has 1 saturated heterocycles. The first-order chi connectivity index (χ1) is 15.2. The van der Waals surface area contributed by atoms with Gasteiger partial charge in [0.25, 0.3) is 5.91 Å². The molecule has 2 aliphatic heterocycles. The maximum absolute atomic E-state index is 13.6. The summed E-state index contributed by atoms with van der Waals surface area (Å²) < 4.78 is 10.9. The molecule has 3 aromatic rings. The fourth-order valence-electron chi connectivity index (χ4n) is 4.21. The minimum absolute atomic E-state index is 0.0266. The normalized spacial score (nSPS) is 18.4. The van der Waals surface area contributed by atoms with Crippen LogP contribution < -0.4 is 19.9 Å². The lowest BCUT2D eigenvalue weighted by Crippen LogP contribution is -2.43. The van der Waals surface area contributed by atoms with Crippen molar-refractivity contribution in [3.05, 3.63) is 83.9 Å². The topological polar surface area (TPSA) is 54.0 Å². The zero-order valence-corrected chi connectivity index (χ0v) is 17.5. The SMILES string of the molecule is COc1cccc(C2Nc3ccccc3C(=O)N2c2ccc(N3CCOCC3)cc2)c1. The number of anilines is 3. The van der Waals surface area contributed by atoms with Crippen LogP contribution in [0.4, 0.5) is 17.1 Å². The third-order valence-corrected chi connectivity index (χ3v) is 5.84. The smallest absolute Gasteiger partial charge is 0.262 e. The number of rotatable bonds is 4. The first-order valence-electron chi connectivity index (χ1n) is 10.5. The van der Waals surface area contributed by atoms with Gasteiger partial charge in [-0.15, -0.1) is 0 Å². The Balaban J connectivity index is 1.53. The van der Waals surface area contributed by atoms with Gasteiger partial charge in [0.05, 0.1) is 25.9 Å². The van der Waals surface area contributed by atoms with Gasteiger partial charge in [-0.1, -0.05) is 24.3 Å². The Bertz CT molecular complexity index is 1080. The predicted molar refractivity (Wildman–Crippen MR) is 122 cm³/mol. The highest BCUT2D eigenvalue weighted by molar-refractivity contribution is 6.12. The molecule has 0 radical (unpaired) electrons. The van der Waals surface area contributed by atoms with Crippen LogP contribution in [0.2, 0.25) is 0 Å². The Morgan fingerprint density at radius 2 is 1.68 bits per heavy atom. The molecule has 6 heteroatoms. The molecule has 0 saturated carbocycles. The van der Waals surface area contributed by atoms with Crippen molar-refractivity contribution in [3.8, 4) is 5.75 Å². The van der Waals surface area contributed by atoms with E-state index < -0.39 is 0 Å². The van der Waals surface area contributed by atoms with Crippen molar-refractivity contribution in [2.45, 2.75) is 6.17 Å². The van der Waals surface area contributed by atoms with Crippen LogP contribution in [0.1, 0.15) is 22.1 Å². The zero-order chi connectivity index (χ0) is 21.2. The summed E-state index contributed by atoms with van der Waals surface area (Å²) in [5.41, 5.74) is 4.44. The number of ether oxygens (including phenoxy) is 2. The van der Waals surface area contributed by atoms with Gasteiger partial charge in [0, 0.05) is 30.2 Å². The highest BCUT2D eigenvalue weighted by Crippen LogP contribution is 2.38. The minimum Gasteiger partial charge on any atom is -0.497 e. The van der Waals surface area contributed by atoms with E-state index >= 15 is 0 Å². The first kappa shape index (κ1) is 19.5. The second-order valence-corrected chi connectivity index (χ2v) is 7.66. The van der Waals surface area contributed by atoms with Gasteiger partial charge in [0.15, 0.2) is 0 Å². The molecule has 6 nitrogen and oxygen atoms in total. The molecule has 1 amide bonds. The van der Waals surface area contributed by atoms with E-state index in [2.05, 4.69) is 22.3 Å². The molecule has 2 heterocycles. The molecular weight excluding hydrogens is 390 g/mol. The van der Waals surface area contributed by atoms with Gasteiger partial charge in [0.1, 0.15) is 11.9 Å². The van der Waals surface area contributed by atoms with Gasteiger partial charge in [-0.05, 0) is 54.1 Å². The average Bonchev–Trinajstić information content (AvgIpc) is 2.85. The zero-order valence-electron chi connectivity index (χ0n) is 17.5. The van der Waals surface area contributed by atoms with Crippen molar-refractivity contribution >= 4 is 23.0 Å². The van der Waals surface area contributed by atoms with Crippen LogP contribution in [0, 0.1) is 0 Å². The lowest BCUT2D eigenvalue weighted by Gasteiger charge is -2.38. The van der Waals surface area contributed by atoms with Gasteiger partial charge < -0.3 is 19.7 Å². The number of para-hydroxylation sites is 1. The number of carbonyl (C=O) groups excluding carboxylic acids is 1. The molecule has 0 aromatic heterocycles. The van der Waals surface area contributed by atoms with Crippen molar-refractivity contribution in [2.75, 3.05) is 48.5 Å². The number of fused-ring (bicyclic) bond motifs is 1. The molecule has 0 aliphatic carbocycles. The van der Waals surface area contributed by atoms with Crippen molar-refractivity contribution in [1.82, 2.24) is 0 Å². The van der Waals surface area contributed by atoms with Gasteiger partial charge in [-0.3, -0.25) is 9.69 Å². The molecule has 0 spiro atoms. The monoisotopic (exact) mass is 415 g/mol. The molecule has 5 rings (SSSR count). The summed E-state index contributed by atoms with van der Waals surface area (Å²) in [7, 11) is 1.65. The van der Waals surface area contributed by atoms with E-state index in [0.717, 1.165) is 54.7 Å². The van der Waals surface area contributed by atoms with E-state index in [-0.39, 0.29) is 12.1 Å². The number of hydrogen-bond acceptors (Lipinski definition) is 5. The summed E-state index contributed by atoms with van der Waals surface area (Å²) >= 11 is 0. The Morgan fingerprint density at radius 1 is 0.935 bits per heavy atom. The quantitative estimate of drug-likeness (QED) is 0.689. The van der Waals surface area contributed by atoms with Crippen molar-refractivity contribution in [2.24, 2.45) is 0 Å². The maximum atomic E-state index is 13.6. The maximum Gasteiger partial charge on any atom is 0.262 e. The van der Waals surface area contributed by atoms with Gasteiger partial charge in [0.2, 0.25) is 0 Å². The van der Waals surface area contributed by atoms with Crippen LogP contribution in [-0.4, -0.2) is 39.3 Å². The van der Waals surface area contributed by atoms with E-state index in [9.17, 15) is 4.79 Å². The molecule has 1 N–H and O–H groups in total. The number of methoxy groups -OCH3 is 1. The molecule has 2 aliphatic rings. The summed E-state index contributed by atoms with van der Waals surface area (Å²) in [6.45, 7) is 3.24. The number of nitrogens with zero attached hydrogens (tertiary/aromatic N) is 2. The summed E-state index contributed by atoms with van der Waals surface area (Å²) in [5.74, 6) is 0.731. The summed E-state index contributed by atoms with van der Waals surface area (Å²) in [5, 5.41) is 3.54. The average molecular weight is 415 g/mol. The lowest BCUT2D eigenvalue weighted by molar-refractivity contribution is 0.0975. The summed E-state index contributed by atoms with van der Waals surface area (Å²) in [6.07, 6.45) is -0.341. The third kappa shape index (κ3) is 3.70. The number of amides is 1. The highest BCUT2D eigenvalue weighted by atomic mass is 16.5. The fraction of sp³-hybridized carbons (Fsp3) is 0.240. The molecule has 3 aromatic carbocycles. The second-order valence-electron chi connectivity index (χ2n) is 7.66. The second kappa shape index (κ2) is 8.32. The molecule has 1 atom stereocenters. The number of hydrogen-bond donors (Lipinski definition) is 1. The van der Waals surface area contributed by atoms with E-state index in [1.54, 1.807) is 7.11 Å². The molecule has 158 valence electrons. The Morgan fingerprint density at radius 3 is 2.45 bits per heavy atom. The fourth-order valence-corrected chi connectivity index (χ4v) is 4.21. The van der Waals surface area contributed by atoms with Gasteiger partial charge in [-0.25, -0.2) is 0 Å². The molecule has 31 heavy (non-hydrogen) atoms. The standard InChI is InChI=1S/C25H25N3O3/c1-30-21-6-4-5-18(17-21)24-26-23-8-3-2-7-22(23)25(29)28(24)20-11-9-19(10-12-20)27-13-15-31-16-14-27/h2-12,17,24,26H,13-16H2,1H3.